The Morgan fingerprint density at radius 2 is 1.82 bits per heavy atom. The molecule has 0 aliphatic carbocycles. The molecule has 2 saturated heterocycles. The number of carbonyl (C=O) groups is 1. The minimum Gasteiger partial charge on any atom is -0.383 e. The predicted octanol–water partition coefficient (Wildman–Crippen LogP) is 1.95. The second kappa shape index (κ2) is 7.49. The molecule has 0 saturated carbocycles. The summed E-state index contributed by atoms with van der Waals surface area (Å²) in [4.78, 5) is 16.4. The van der Waals surface area contributed by atoms with Crippen LogP contribution >= 0.6 is 0 Å². The average Bonchev–Trinajstić information content (AvgIpc) is 3.11. The molecule has 5 heteroatoms. The largest absolute Gasteiger partial charge is 0.383 e. The van der Waals surface area contributed by atoms with Crippen molar-refractivity contribution in [1.29, 1.82) is 0 Å². The number of nitrogens with zero attached hydrogens (tertiary/aromatic N) is 2. The maximum absolute atomic E-state index is 12.1. The molecule has 5 nitrogen and oxygen atoms in total. The van der Waals surface area contributed by atoms with Gasteiger partial charge in [0.1, 0.15) is 0 Å². The molecule has 0 spiro atoms. The molecule has 0 aromatic heterocycles. The molecule has 1 aromatic rings. The molecule has 2 aliphatic rings. The molecule has 2 aliphatic heterocycles. The molecular weight excluding hydrogens is 278 g/mol. The lowest BCUT2D eigenvalue weighted by Gasteiger charge is -2.30. The standard InChI is InChI=1S/C17H25N3O2/c21-17(20-9-3-4-10-20)7-8-18-15-5-1-2-6-16(15)19-11-13-22-14-12-19/h1-2,5-6,18H,3-4,7-14H2. The topological polar surface area (TPSA) is 44.8 Å². The van der Waals surface area contributed by atoms with Crippen molar-refractivity contribution < 1.29 is 9.53 Å². The van der Waals surface area contributed by atoms with Crippen LogP contribution in [0.5, 0.6) is 0 Å². The predicted molar refractivity (Wildman–Crippen MR) is 88.4 cm³/mol. The van der Waals surface area contributed by atoms with Gasteiger partial charge in [-0.15, -0.1) is 0 Å². The van der Waals surface area contributed by atoms with Gasteiger partial charge in [0.05, 0.1) is 24.6 Å². The molecule has 2 fully saturated rings. The number of rotatable bonds is 5. The number of anilines is 2. The van der Waals surface area contributed by atoms with Crippen LogP contribution in [0.4, 0.5) is 11.4 Å². The van der Waals surface area contributed by atoms with Crippen molar-refractivity contribution >= 4 is 17.3 Å². The smallest absolute Gasteiger partial charge is 0.224 e. The van der Waals surface area contributed by atoms with E-state index in [1.54, 1.807) is 0 Å². The van der Waals surface area contributed by atoms with Crippen molar-refractivity contribution in [1.82, 2.24) is 4.90 Å². The van der Waals surface area contributed by atoms with Gasteiger partial charge in [-0.2, -0.15) is 0 Å². The van der Waals surface area contributed by atoms with Gasteiger partial charge in [-0.25, -0.2) is 0 Å². The van der Waals surface area contributed by atoms with Gasteiger partial charge in [0.25, 0.3) is 0 Å². The van der Waals surface area contributed by atoms with Crippen molar-refractivity contribution in [3.05, 3.63) is 24.3 Å². The van der Waals surface area contributed by atoms with Crippen molar-refractivity contribution in [2.75, 3.05) is 56.2 Å². The molecule has 120 valence electrons. The number of ether oxygens (including phenoxy) is 1. The summed E-state index contributed by atoms with van der Waals surface area (Å²) in [6, 6.07) is 8.32. The van der Waals surface area contributed by atoms with E-state index in [9.17, 15) is 4.79 Å². The molecule has 1 aromatic carbocycles. The van der Waals surface area contributed by atoms with Crippen molar-refractivity contribution in [2.45, 2.75) is 19.3 Å². The second-order valence-corrected chi connectivity index (χ2v) is 5.88. The Kier molecular flexibility index (Phi) is 5.16. The minimum atomic E-state index is 0.272. The lowest BCUT2D eigenvalue weighted by molar-refractivity contribution is -0.129. The summed E-state index contributed by atoms with van der Waals surface area (Å²) < 4.78 is 5.42. The summed E-state index contributed by atoms with van der Waals surface area (Å²) in [6.07, 6.45) is 2.87. The van der Waals surface area contributed by atoms with E-state index < -0.39 is 0 Å². The first-order chi connectivity index (χ1) is 10.8. The Labute approximate surface area is 132 Å². The third-order valence-corrected chi connectivity index (χ3v) is 4.37. The Morgan fingerprint density at radius 3 is 2.59 bits per heavy atom. The van der Waals surface area contributed by atoms with E-state index in [2.05, 4.69) is 28.4 Å². The number of benzene rings is 1. The molecular formula is C17H25N3O2. The summed E-state index contributed by atoms with van der Waals surface area (Å²) in [7, 11) is 0. The van der Waals surface area contributed by atoms with Crippen LogP contribution in [-0.2, 0) is 9.53 Å². The van der Waals surface area contributed by atoms with Gasteiger partial charge in [0.15, 0.2) is 0 Å². The van der Waals surface area contributed by atoms with E-state index in [-0.39, 0.29) is 5.91 Å². The lowest BCUT2D eigenvalue weighted by atomic mass is 10.2. The number of morpholine rings is 1. The second-order valence-electron chi connectivity index (χ2n) is 5.88. The first kappa shape index (κ1) is 15.2. The number of carbonyl (C=O) groups excluding carboxylic acids is 1. The zero-order chi connectivity index (χ0) is 15.2. The number of nitrogens with one attached hydrogen (secondary N) is 1. The van der Waals surface area contributed by atoms with Crippen molar-refractivity contribution in [2.24, 2.45) is 0 Å². The van der Waals surface area contributed by atoms with Crippen LogP contribution in [0.3, 0.4) is 0 Å². The van der Waals surface area contributed by atoms with Crippen LogP contribution in [0.25, 0.3) is 0 Å². The van der Waals surface area contributed by atoms with Gasteiger partial charge in [0.2, 0.25) is 5.91 Å². The van der Waals surface area contributed by atoms with Gasteiger partial charge in [-0.3, -0.25) is 4.79 Å². The summed E-state index contributed by atoms with van der Waals surface area (Å²) in [5, 5.41) is 3.43. The Bertz CT molecular complexity index is 494. The highest BCUT2D eigenvalue weighted by molar-refractivity contribution is 5.77. The first-order valence-electron chi connectivity index (χ1n) is 8.28. The fourth-order valence-electron chi connectivity index (χ4n) is 3.13. The van der Waals surface area contributed by atoms with Gasteiger partial charge < -0.3 is 19.9 Å². The fourth-order valence-corrected chi connectivity index (χ4v) is 3.13. The molecule has 0 bridgehead atoms. The SMILES string of the molecule is O=C(CCNc1ccccc1N1CCOCC1)N1CCCC1. The van der Waals surface area contributed by atoms with Crippen LogP contribution in [0.1, 0.15) is 19.3 Å². The maximum atomic E-state index is 12.1. The Morgan fingerprint density at radius 1 is 1.09 bits per heavy atom. The summed E-state index contributed by atoms with van der Waals surface area (Å²) in [5.74, 6) is 0.272. The van der Waals surface area contributed by atoms with E-state index in [1.165, 1.54) is 5.69 Å². The molecule has 0 atom stereocenters. The highest BCUT2D eigenvalue weighted by atomic mass is 16.5. The third kappa shape index (κ3) is 3.71. The van der Waals surface area contributed by atoms with E-state index in [4.69, 9.17) is 4.74 Å². The fraction of sp³-hybridized carbons (Fsp3) is 0.588. The van der Waals surface area contributed by atoms with Gasteiger partial charge in [-0.05, 0) is 25.0 Å². The summed E-state index contributed by atoms with van der Waals surface area (Å²) >= 11 is 0. The third-order valence-electron chi connectivity index (χ3n) is 4.37. The maximum Gasteiger partial charge on any atom is 0.224 e. The van der Waals surface area contributed by atoms with E-state index >= 15 is 0 Å². The van der Waals surface area contributed by atoms with Gasteiger partial charge in [-0.1, -0.05) is 12.1 Å². The molecule has 22 heavy (non-hydrogen) atoms. The number of hydrogen-bond acceptors (Lipinski definition) is 4. The first-order valence-corrected chi connectivity index (χ1v) is 8.28. The molecule has 0 radical (unpaired) electrons. The molecule has 0 unspecified atom stereocenters. The van der Waals surface area contributed by atoms with E-state index in [1.807, 2.05) is 11.0 Å². The number of hydrogen-bond donors (Lipinski definition) is 1. The highest BCUT2D eigenvalue weighted by Crippen LogP contribution is 2.26. The van der Waals surface area contributed by atoms with Gasteiger partial charge in [0, 0.05) is 39.1 Å². The zero-order valence-corrected chi connectivity index (χ0v) is 13.1. The number of amides is 1. The van der Waals surface area contributed by atoms with Crippen LogP contribution in [0.2, 0.25) is 0 Å². The van der Waals surface area contributed by atoms with Crippen molar-refractivity contribution in [3.63, 3.8) is 0 Å². The molecule has 3 rings (SSSR count). The monoisotopic (exact) mass is 303 g/mol. The Hall–Kier alpha value is -1.75. The normalized spacial score (nSPS) is 18.5. The number of para-hydroxylation sites is 2. The van der Waals surface area contributed by atoms with E-state index in [0.29, 0.717) is 13.0 Å². The Balaban J connectivity index is 1.54. The lowest BCUT2D eigenvalue weighted by Crippen LogP contribution is -2.36. The van der Waals surface area contributed by atoms with Crippen LogP contribution < -0.4 is 10.2 Å². The quantitative estimate of drug-likeness (QED) is 0.903. The van der Waals surface area contributed by atoms with Crippen LogP contribution in [0.15, 0.2) is 24.3 Å². The van der Waals surface area contributed by atoms with Crippen LogP contribution in [-0.4, -0.2) is 56.7 Å². The minimum absolute atomic E-state index is 0.272. The molecule has 2 heterocycles. The van der Waals surface area contributed by atoms with Crippen LogP contribution in [0, 0.1) is 0 Å². The van der Waals surface area contributed by atoms with E-state index in [0.717, 1.165) is 57.9 Å². The summed E-state index contributed by atoms with van der Waals surface area (Å²) in [6.45, 7) is 5.96. The average molecular weight is 303 g/mol. The number of likely N-dealkylation sites (tertiary alicyclic amines) is 1. The molecule has 1 amide bonds. The summed E-state index contributed by atoms with van der Waals surface area (Å²) in [5.41, 5.74) is 2.32. The highest BCUT2D eigenvalue weighted by Gasteiger charge is 2.18. The van der Waals surface area contributed by atoms with Gasteiger partial charge >= 0.3 is 0 Å². The zero-order valence-electron chi connectivity index (χ0n) is 13.1. The molecule has 1 N–H and O–H groups in total. The van der Waals surface area contributed by atoms with Crippen molar-refractivity contribution in [3.8, 4) is 0 Å².